The molecule has 0 N–H and O–H groups in total. The molecular formula is C22H26O3. The van der Waals surface area contributed by atoms with Crippen molar-refractivity contribution in [1.82, 2.24) is 0 Å². The van der Waals surface area contributed by atoms with Crippen LogP contribution in [-0.2, 0) is 9.47 Å². The van der Waals surface area contributed by atoms with Crippen molar-refractivity contribution < 1.29 is 14.3 Å². The largest absolute Gasteiger partial charge is 0.349 e. The summed E-state index contributed by atoms with van der Waals surface area (Å²) in [5, 5.41) is 2.21. The van der Waals surface area contributed by atoms with Crippen LogP contribution in [0.1, 0.15) is 49.4 Å². The van der Waals surface area contributed by atoms with E-state index >= 15 is 0 Å². The highest BCUT2D eigenvalue weighted by Gasteiger charge is 2.23. The molecule has 2 aromatic carbocycles. The maximum absolute atomic E-state index is 12.4. The number of hydrogen-bond acceptors (Lipinski definition) is 3. The van der Waals surface area contributed by atoms with Crippen molar-refractivity contribution in [1.29, 1.82) is 0 Å². The van der Waals surface area contributed by atoms with Crippen LogP contribution in [-0.4, -0.2) is 24.8 Å². The van der Waals surface area contributed by atoms with Crippen LogP contribution < -0.4 is 0 Å². The average molecular weight is 338 g/mol. The first-order valence-electron chi connectivity index (χ1n) is 9.16. The SMILES string of the molecule is CC=CCCC1CCCC(OCC(=O)c2ccc3ccccc3c2)O1. The second-order valence-electron chi connectivity index (χ2n) is 6.56. The fourth-order valence-corrected chi connectivity index (χ4v) is 3.26. The van der Waals surface area contributed by atoms with E-state index in [-0.39, 0.29) is 24.8 Å². The Kier molecular flexibility index (Phi) is 6.37. The van der Waals surface area contributed by atoms with Crippen LogP contribution in [0.5, 0.6) is 0 Å². The van der Waals surface area contributed by atoms with Gasteiger partial charge in [-0.1, -0.05) is 48.6 Å². The zero-order valence-corrected chi connectivity index (χ0v) is 14.8. The van der Waals surface area contributed by atoms with Gasteiger partial charge in [-0.15, -0.1) is 0 Å². The van der Waals surface area contributed by atoms with Gasteiger partial charge in [-0.25, -0.2) is 0 Å². The Labute approximate surface area is 149 Å². The maximum atomic E-state index is 12.4. The number of Topliss-reactive ketones (excluding diaryl/α,β-unsaturated/α-hetero) is 1. The molecule has 0 aromatic heterocycles. The first-order valence-corrected chi connectivity index (χ1v) is 9.16. The molecule has 0 bridgehead atoms. The van der Waals surface area contributed by atoms with E-state index in [4.69, 9.17) is 9.47 Å². The highest BCUT2D eigenvalue weighted by atomic mass is 16.7. The second-order valence-corrected chi connectivity index (χ2v) is 6.56. The Morgan fingerprint density at radius 1 is 1.20 bits per heavy atom. The molecule has 25 heavy (non-hydrogen) atoms. The van der Waals surface area contributed by atoms with Crippen molar-refractivity contribution >= 4 is 16.6 Å². The molecule has 0 spiro atoms. The molecule has 3 rings (SSSR count). The highest BCUT2D eigenvalue weighted by molar-refractivity contribution is 6.00. The van der Waals surface area contributed by atoms with Crippen molar-refractivity contribution in [3.63, 3.8) is 0 Å². The molecule has 0 amide bonds. The molecule has 2 unspecified atom stereocenters. The van der Waals surface area contributed by atoms with Gasteiger partial charge in [0.25, 0.3) is 0 Å². The molecule has 1 heterocycles. The number of carbonyl (C=O) groups is 1. The summed E-state index contributed by atoms with van der Waals surface area (Å²) in [6.45, 7) is 2.11. The number of rotatable bonds is 7. The predicted molar refractivity (Wildman–Crippen MR) is 101 cm³/mol. The molecule has 0 saturated carbocycles. The maximum Gasteiger partial charge on any atom is 0.188 e. The standard InChI is InChI=1S/C22H26O3/c1-2-3-4-10-20-11-7-12-22(25-20)24-16-21(23)19-14-13-17-8-5-6-9-18(17)15-19/h2-3,5-6,8-9,13-15,20,22H,4,7,10-12,16H2,1H3. The van der Waals surface area contributed by atoms with E-state index in [0.29, 0.717) is 5.56 Å². The number of allylic oxidation sites excluding steroid dienone is 2. The lowest BCUT2D eigenvalue weighted by Crippen LogP contribution is -2.31. The summed E-state index contributed by atoms with van der Waals surface area (Å²) in [5.74, 6) is 0.00499. The summed E-state index contributed by atoms with van der Waals surface area (Å²) < 4.78 is 11.7. The quantitative estimate of drug-likeness (QED) is 0.508. The van der Waals surface area contributed by atoms with Crippen molar-refractivity contribution in [2.45, 2.75) is 51.4 Å². The van der Waals surface area contributed by atoms with Gasteiger partial charge < -0.3 is 9.47 Å². The smallest absolute Gasteiger partial charge is 0.188 e. The topological polar surface area (TPSA) is 35.5 Å². The van der Waals surface area contributed by atoms with Crippen LogP contribution in [0.15, 0.2) is 54.6 Å². The van der Waals surface area contributed by atoms with Gasteiger partial charge >= 0.3 is 0 Å². The Balaban J connectivity index is 1.52. The van der Waals surface area contributed by atoms with E-state index in [1.54, 1.807) is 0 Å². The van der Waals surface area contributed by atoms with E-state index in [1.165, 1.54) is 0 Å². The summed E-state index contributed by atoms with van der Waals surface area (Å²) in [5.41, 5.74) is 0.694. The van der Waals surface area contributed by atoms with Crippen LogP contribution in [0.2, 0.25) is 0 Å². The van der Waals surface area contributed by atoms with Gasteiger partial charge in [0.2, 0.25) is 0 Å². The number of fused-ring (bicyclic) bond motifs is 1. The monoisotopic (exact) mass is 338 g/mol. The molecule has 3 nitrogen and oxygen atoms in total. The minimum atomic E-state index is -0.256. The molecular weight excluding hydrogens is 312 g/mol. The molecule has 1 aliphatic heterocycles. The van der Waals surface area contributed by atoms with Crippen molar-refractivity contribution in [2.75, 3.05) is 6.61 Å². The average Bonchev–Trinajstić information content (AvgIpc) is 2.66. The highest BCUT2D eigenvalue weighted by Crippen LogP contribution is 2.23. The van der Waals surface area contributed by atoms with E-state index < -0.39 is 0 Å². The Morgan fingerprint density at radius 2 is 2.04 bits per heavy atom. The van der Waals surface area contributed by atoms with Gasteiger partial charge in [0, 0.05) is 5.56 Å². The van der Waals surface area contributed by atoms with Crippen LogP contribution in [0, 0.1) is 0 Å². The summed E-state index contributed by atoms with van der Waals surface area (Å²) in [7, 11) is 0. The van der Waals surface area contributed by atoms with Gasteiger partial charge in [0.05, 0.1) is 6.10 Å². The van der Waals surface area contributed by atoms with E-state index in [2.05, 4.69) is 12.2 Å². The molecule has 3 heteroatoms. The van der Waals surface area contributed by atoms with Gasteiger partial charge in [-0.3, -0.25) is 4.79 Å². The summed E-state index contributed by atoms with van der Waals surface area (Å²) in [4.78, 5) is 12.4. The van der Waals surface area contributed by atoms with E-state index in [1.807, 2.05) is 49.4 Å². The zero-order chi connectivity index (χ0) is 17.5. The molecule has 0 aliphatic carbocycles. The number of carbonyl (C=O) groups excluding carboxylic acids is 1. The van der Waals surface area contributed by atoms with Crippen molar-refractivity contribution in [2.24, 2.45) is 0 Å². The van der Waals surface area contributed by atoms with Crippen LogP contribution in [0.4, 0.5) is 0 Å². The van der Waals surface area contributed by atoms with Crippen molar-refractivity contribution in [3.05, 3.63) is 60.2 Å². The number of ketones is 1. The second kappa shape index (κ2) is 8.93. The Bertz CT molecular complexity index is 735. The third kappa shape index (κ3) is 5.00. The molecule has 132 valence electrons. The molecule has 1 fully saturated rings. The lowest BCUT2D eigenvalue weighted by Gasteiger charge is -2.29. The van der Waals surface area contributed by atoms with Gasteiger partial charge in [-0.2, -0.15) is 0 Å². The zero-order valence-electron chi connectivity index (χ0n) is 14.8. The van der Waals surface area contributed by atoms with Crippen LogP contribution >= 0.6 is 0 Å². The Hall–Kier alpha value is -1.97. The minimum absolute atomic E-state index is 0.00499. The molecule has 2 aromatic rings. The Morgan fingerprint density at radius 3 is 2.88 bits per heavy atom. The first kappa shape index (κ1) is 17.8. The first-order chi connectivity index (χ1) is 12.3. The normalized spacial score (nSPS) is 21.0. The van der Waals surface area contributed by atoms with Gasteiger partial charge in [-0.05, 0) is 55.9 Å². The lowest BCUT2D eigenvalue weighted by molar-refractivity contribution is -0.188. The fraction of sp³-hybridized carbons (Fsp3) is 0.409. The van der Waals surface area contributed by atoms with Crippen LogP contribution in [0.25, 0.3) is 10.8 Å². The summed E-state index contributed by atoms with van der Waals surface area (Å²) in [6.07, 6.45) is 9.30. The van der Waals surface area contributed by atoms with E-state index in [9.17, 15) is 4.79 Å². The number of hydrogen-bond donors (Lipinski definition) is 0. The molecule has 2 atom stereocenters. The fourth-order valence-electron chi connectivity index (χ4n) is 3.26. The number of benzene rings is 2. The summed E-state index contributed by atoms with van der Waals surface area (Å²) in [6, 6.07) is 13.8. The van der Waals surface area contributed by atoms with Crippen LogP contribution in [0.3, 0.4) is 0 Å². The molecule has 0 radical (unpaired) electrons. The molecule has 1 saturated heterocycles. The van der Waals surface area contributed by atoms with Crippen molar-refractivity contribution in [3.8, 4) is 0 Å². The summed E-state index contributed by atoms with van der Waals surface area (Å²) >= 11 is 0. The predicted octanol–water partition coefficient (Wildman–Crippen LogP) is 5.29. The van der Waals surface area contributed by atoms with Gasteiger partial charge in [0.1, 0.15) is 6.61 Å². The lowest BCUT2D eigenvalue weighted by atomic mass is 10.0. The third-order valence-electron chi connectivity index (χ3n) is 4.67. The van der Waals surface area contributed by atoms with E-state index in [0.717, 1.165) is 42.9 Å². The number of ether oxygens (including phenoxy) is 2. The molecule has 1 aliphatic rings. The third-order valence-corrected chi connectivity index (χ3v) is 4.67. The minimum Gasteiger partial charge on any atom is -0.349 e. The van der Waals surface area contributed by atoms with Gasteiger partial charge in [0.15, 0.2) is 12.1 Å².